The van der Waals surface area contributed by atoms with Gasteiger partial charge in [0.15, 0.2) is 0 Å². The van der Waals surface area contributed by atoms with Gasteiger partial charge in [-0.15, -0.1) is 0 Å². The summed E-state index contributed by atoms with van der Waals surface area (Å²) < 4.78 is 42.4. The molecule has 0 fully saturated rings. The minimum Gasteiger partial charge on any atom is -0.428 e. The first-order valence-electron chi connectivity index (χ1n) is 11.5. The zero-order valence-corrected chi connectivity index (χ0v) is 19.8. The lowest BCUT2D eigenvalue weighted by molar-refractivity contribution is -0.214. The molecule has 3 N–H and O–H groups in total. The molecule has 0 radical (unpaired) electrons. The average Bonchev–Trinajstić information content (AvgIpc) is 3.29. The van der Waals surface area contributed by atoms with Crippen LogP contribution < -0.4 is 16.0 Å². The van der Waals surface area contributed by atoms with Gasteiger partial charge in [0.25, 0.3) is 11.8 Å². The van der Waals surface area contributed by atoms with Crippen LogP contribution in [0, 0.1) is 0 Å². The van der Waals surface area contributed by atoms with Gasteiger partial charge in [0.2, 0.25) is 5.72 Å². The number of alkyl halides is 3. The topological polar surface area (TPSA) is 102 Å². The monoisotopic (exact) mass is 503 g/mol. The van der Waals surface area contributed by atoms with Gasteiger partial charge in [0, 0.05) is 30.8 Å². The summed E-state index contributed by atoms with van der Waals surface area (Å²) in [6.07, 6.45) is -1.34. The van der Waals surface area contributed by atoms with E-state index in [1.807, 2.05) is 54.6 Å². The summed E-state index contributed by atoms with van der Waals surface area (Å²) in [6, 6.07) is 16.1. The number of fused-ring (bicyclic) bond motifs is 1. The SMILES string of the molecule is CC[C@](N)(OC(=O)C(F)(F)F)C(=O)N[C@H](/C=C/C(=O)N1CCc2ccccc21)CCc1ccccc1. The Balaban J connectivity index is 1.76. The van der Waals surface area contributed by atoms with E-state index in [9.17, 15) is 27.6 Å². The number of nitrogens with one attached hydrogen (secondary N) is 1. The van der Waals surface area contributed by atoms with Crippen LogP contribution in [0.2, 0.25) is 0 Å². The second-order valence-electron chi connectivity index (χ2n) is 8.46. The van der Waals surface area contributed by atoms with E-state index in [-0.39, 0.29) is 12.3 Å². The molecule has 1 aliphatic heterocycles. The van der Waals surface area contributed by atoms with E-state index in [0.29, 0.717) is 19.4 Å². The summed E-state index contributed by atoms with van der Waals surface area (Å²) in [6.45, 7) is 1.84. The molecule has 7 nitrogen and oxygen atoms in total. The highest BCUT2D eigenvalue weighted by Gasteiger charge is 2.47. The van der Waals surface area contributed by atoms with Crippen molar-refractivity contribution in [2.24, 2.45) is 5.73 Å². The van der Waals surface area contributed by atoms with Crippen molar-refractivity contribution in [1.29, 1.82) is 0 Å². The van der Waals surface area contributed by atoms with Crippen molar-refractivity contribution < 1.29 is 32.3 Å². The molecular weight excluding hydrogens is 475 g/mol. The zero-order chi connectivity index (χ0) is 26.3. The average molecular weight is 504 g/mol. The number of hydrogen-bond donors (Lipinski definition) is 2. The lowest BCUT2D eigenvalue weighted by Crippen LogP contribution is -2.59. The molecule has 2 aromatic carbocycles. The molecule has 0 aliphatic carbocycles. The highest BCUT2D eigenvalue weighted by atomic mass is 19.4. The predicted molar refractivity (Wildman–Crippen MR) is 128 cm³/mol. The standard InChI is InChI=1S/C26H28F3N3O4/c1-2-25(30,36-24(35)26(27,28)29)23(34)31-20(13-12-18-8-4-3-5-9-18)14-15-22(33)32-17-16-19-10-6-7-11-21(19)32/h3-11,14-15,20H,2,12-13,16-17,30H2,1H3,(H,31,34)/b15-14+/t20-,25-/m0/s1. The molecule has 3 rings (SSSR count). The number of carbonyl (C=O) groups excluding carboxylic acids is 3. The first-order valence-corrected chi connectivity index (χ1v) is 11.5. The number of esters is 1. The molecule has 0 bridgehead atoms. The van der Waals surface area contributed by atoms with Crippen molar-refractivity contribution in [3.8, 4) is 0 Å². The maximum atomic E-state index is 12.9. The van der Waals surface area contributed by atoms with E-state index < -0.39 is 29.8 Å². The van der Waals surface area contributed by atoms with E-state index in [1.54, 1.807) is 4.90 Å². The molecule has 2 atom stereocenters. The number of benzene rings is 2. The van der Waals surface area contributed by atoms with E-state index in [4.69, 9.17) is 5.73 Å². The van der Waals surface area contributed by atoms with Crippen LogP contribution in [0.4, 0.5) is 18.9 Å². The van der Waals surface area contributed by atoms with Crippen molar-refractivity contribution >= 4 is 23.5 Å². The van der Waals surface area contributed by atoms with Gasteiger partial charge in [0.05, 0.1) is 0 Å². The van der Waals surface area contributed by atoms with Gasteiger partial charge in [-0.1, -0.05) is 61.5 Å². The molecule has 2 amide bonds. The maximum Gasteiger partial charge on any atom is 0.491 e. The predicted octanol–water partition coefficient (Wildman–Crippen LogP) is 3.42. The molecule has 0 spiro atoms. The van der Waals surface area contributed by atoms with E-state index in [0.717, 1.165) is 23.2 Å². The molecule has 0 aromatic heterocycles. The fourth-order valence-electron chi connectivity index (χ4n) is 3.83. The number of aryl methyl sites for hydroxylation is 1. The fourth-order valence-corrected chi connectivity index (χ4v) is 3.83. The molecule has 10 heteroatoms. The molecule has 1 aliphatic rings. The fraction of sp³-hybridized carbons (Fsp3) is 0.346. The van der Waals surface area contributed by atoms with Gasteiger partial charge in [-0.2, -0.15) is 13.2 Å². The van der Waals surface area contributed by atoms with Crippen molar-refractivity contribution in [1.82, 2.24) is 5.32 Å². The van der Waals surface area contributed by atoms with Crippen molar-refractivity contribution in [2.45, 2.75) is 50.6 Å². The van der Waals surface area contributed by atoms with Gasteiger partial charge in [-0.05, 0) is 36.5 Å². The first-order chi connectivity index (χ1) is 17.0. The Morgan fingerprint density at radius 3 is 2.44 bits per heavy atom. The van der Waals surface area contributed by atoms with Crippen LogP contribution in [-0.4, -0.2) is 42.3 Å². The van der Waals surface area contributed by atoms with Gasteiger partial charge >= 0.3 is 12.1 Å². The number of carbonyl (C=O) groups is 3. The number of nitrogens with zero attached hydrogens (tertiary/aromatic N) is 1. The van der Waals surface area contributed by atoms with Crippen molar-refractivity contribution in [2.75, 3.05) is 11.4 Å². The number of para-hydroxylation sites is 1. The first kappa shape index (κ1) is 26.9. The molecule has 192 valence electrons. The number of ether oxygens (including phenoxy) is 1. The Bertz CT molecular complexity index is 1120. The van der Waals surface area contributed by atoms with E-state index in [2.05, 4.69) is 10.1 Å². The van der Waals surface area contributed by atoms with Gasteiger partial charge in [0.1, 0.15) is 0 Å². The molecule has 0 unspecified atom stereocenters. The number of halogens is 3. The van der Waals surface area contributed by atoms with Crippen LogP contribution in [-0.2, 0) is 32.0 Å². The van der Waals surface area contributed by atoms with E-state index >= 15 is 0 Å². The zero-order valence-electron chi connectivity index (χ0n) is 19.8. The highest BCUT2D eigenvalue weighted by Crippen LogP contribution is 2.27. The number of amides is 2. The number of rotatable bonds is 9. The van der Waals surface area contributed by atoms with Gasteiger partial charge in [-0.3, -0.25) is 15.3 Å². The van der Waals surface area contributed by atoms with Crippen molar-refractivity contribution in [3.05, 3.63) is 77.9 Å². The number of anilines is 1. The van der Waals surface area contributed by atoms with Gasteiger partial charge < -0.3 is 15.0 Å². The molecule has 0 saturated carbocycles. The Morgan fingerprint density at radius 2 is 1.78 bits per heavy atom. The molecule has 2 aromatic rings. The summed E-state index contributed by atoms with van der Waals surface area (Å²) in [4.78, 5) is 38.7. The molecule has 0 saturated heterocycles. The Hall–Kier alpha value is -3.66. The molecule has 36 heavy (non-hydrogen) atoms. The van der Waals surface area contributed by atoms with E-state index in [1.165, 1.54) is 19.1 Å². The van der Waals surface area contributed by atoms with Crippen molar-refractivity contribution in [3.63, 3.8) is 0 Å². The summed E-state index contributed by atoms with van der Waals surface area (Å²) in [5.74, 6) is -3.94. The van der Waals surface area contributed by atoms with Crippen LogP contribution >= 0.6 is 0 Å². The third kappa shape index (κ3) is 6.72. The summed E-state index contributed by atoms with van der Waals surface area (Å²) >= 11 is 0. The molecular formula is C26H28F3N3O4. The van der Waals surface area contributed by atoms with Gasteiger partial charge in [-0.25, -0.2) is 4.79 Å². The highest BCUT2D eigenvalue weighted by molar-refractivity contribution is 6.03. The smallest absolute Gasteiger partial charge is 0.428 e. The maximum absolute atomic E-state index is 12.9. The Labute approximate surface area is 207 Å². The molecule has 1 heterocycles. The van der Waals surface area contributed by atoms with Crippen LogP contribution in [0.5, 0.6) is 0 Å². The summed E-state index contributed by atoms with van der Waals surface area (Å²) in [5.41, 5.74) is 6.04. The van der Waals surface area contributed by atoms with Crippen LogP contribution in [0.15, 0.2) is 66.7 Å². The lowest BCUT2D eigenvalue weighted by Gasteiger charge is -2.29. The Kier molecular flexibility index (Phi) is 8.52. The Morgan fingerprint density at radius 1 is 1.11 bits per heavy atom. The van der Waals surface area contributed by atoms with Crippen LogP contribution in [0.1, 0.15) is 30.9 Å². The minimum atomic E-state index is -5.30. The number of nitrogens with two attached hydrogens (primary N) is 1. The quantitative estimate of drug-likeness (QED) is 0.310. The normalized spacial score (nSPS) is 15.8. The summed E-state index contributed by atoms with van der Waals surface area (Å²) in [5, 5.41) is 2.53. The van der Waals surface area contributed by atoms with Crippen LogP contribution in [0.25, 0.3) is 0 Å². The number of hydrogen-bond acceptors (Lipinski definition) is 5. The van der Waals surface area contributed by atoms with Crippen LogP contribution in [0.3, 0.4) is 0 Å². The lowest BCUT2D eigenvalue weighted by atomic mass is 10.0. The minimum absolute atomic E-state index is 0.295. The third-order valence-electron chi connectivity index (χ3n) is 5.94. The second-order valence-corrected chi connectivity index (χ2v) is 8.46. The largest absolute Gasteiger partial charge is 0.491 e. The second kappa shape index (κ2) is 11.4. The third-order valence-corrected chi connectivity index (χ3v) is 5.94. The summed E-state index contributed by atoms with van der Waals surface area (Å²) in [7, 11) is 0.